The Balaban J connectivity index is 1.94. The van der Waals surface area contributed by atoms with E-state index in [1.807, 2.05) is 13.0 Å². The Bertz CT molecular complexity index is 808. The third-order valence-electron chi connectivity index (χ3n) is 4.09. The van der Waals surface area contributed by atoms with Crippen LogP contribution in [0.25, 0.3) is 10.9 Å². The first-order chi connectivity index (χ1) is 10.4. The van der Waals surface area contributed by atoms with Crippen LogP contribution in [0.5, 0.6) is 0 Å². The lowest BCUT2D eigenvalue weighted by Crippen LogP contribution is -2.38. The lowest BCUT2D eigenvalue weighted by atomic mass is 10.2. The van der Waals surface area contributed by atoms with Gasteiger partial charge in [0.25, 0.3) is 0 Å². The van der Waals surface area contributed by atoms with Crippen LogP contribution in [0.15, 0.2) is 18.5 Å². The molecule has 3 heterocycles. The Hall–Kier alpha value is -1.80. The summed E-state index contributed by atoms with van der Waals surface area (Å²) in [7, 11) is -1.54. The predicted molar refractivity (Wildman–Crippen MR) is 85.3 cm³/mol. The summed E-state index contributed by atoms with van der Waals surface area (Å²) in [5.74, 6) is 1.55. The van der Waals surface area contributed by atoms with Crippen LogP contribution >= 0.6 is 0 Å². The van der Waals surface area contributed by atoms with Gasteiger partial charge in [0.2, 0.25) is 10.0 Å². The molecule has 1 atom stereocenters. The fraction of sp³-hybridized carbons (Fsp3) is 0.500. The lowest BCUT2D eigenvalue weighted by Gasteiger charge is -2.23. The molecule has 1 unspecified atom stereocenters. The zero-order valence-electron chi connectivity index (χ0n) is 12.9. The Morgan fingerprint density at radius 2 is 2.14 bits per heavy atom. The largest absolute Gasteiger partial charge is 0.354 e. The van der Waals surface area contributed by atoms with Gasteiger partial charge in [0.1, 0.15) is 11.6 Å². The zero-order chi connectivity index (χ0) is 15.9. The molecular weight excluding hydrogens is 302 g/mol. The summed E-state index contributed by atoms with van der Waals surface area (Å²) in [6.45, 7) is 3.27. The first-order valence-corrected chi connectivity index (χ1v) is 8.97. The summed E-state index contributed by atoms with van der Waals surface area (Å²) in [6.07, 6.45) is 5.48. The molecule has 0 saturated carbocycles. The van der Waals surface area contributed by atoms with Crippen LogP contribution in [0.3, 0.4) is 0 Å². The van der Waals surface area contributed by atoms with E-state index in [1.165, 1.54) is 10.6 Å². The highest BCUT2D eigenvalue weighted by Crippen LogP contribution is 2.27. The Morgan fingerprint density at radius 1 is 1.36 bits per heavy atom. The molecule has 2 aromatic rings. The second-order valence-corrected chi connectivity index (χ2v) is 7.70. The van der Waals surface area contributed by atoms with E-state index in [9.17, 15) is 8.42 Å². The molecule has 1 saturated heterocycles. The average Bonchev–Trinajstić information content (AvgIpc) is 2.94. The second-order valence-electron chi connectivity index (χ2n) is 5.65. The monoisotopic (exact) mass is 321 g/mol. The minimum atomic E-state index is -3.18. The number of aromatic nitrogens is 3. The Kier molecular flexibility index (Phi) is 3.73. The molecule has 0 amide bonds. The molecule has 118 valence electrons. The Labute approximate surface area is 130 Å². The summed E-state index contributed by atoms with van der Waals surface area (Å²) in [4.78, 5) is 15.2. The summed E-state index contributed by atoms with van der Waals surface area (Å²) < 4.78 is 24.9. The maximum atomic E-state index is 11.7. The van der Waals surface area contributed by atoms with Crippen LogP contribution in [0, 0.1) is 6.92 Å². The molecule has 1 aliphatic heterocycles. The van der Waals surface area contributed by atoms with E-state index >= 15 is 0 Å². The van der Waals surface area contributed by atoms with E-state index in [0.29, 0.717) is 12.4 Å². The van der Waals surface area contributed by atoms with Crippen molar-refractivity contribution in [3.8, 4) is 0 Å². The molecule has 22 heavy (non-hydrogen) atoms. The normalized spacial score (nSPS) is 19.3. The van der Waals surface area contributed by atoms with Crippen molar-refractivity contribution in [2.45, 2.75) is 19.4 Å². The molecule has 1 aliphatic rings. The number of hydrogen-bond donors (Lipinski definition) is 0. The molecule has 7 nitrogen and oxygen atoms in total. The number of rotatable bonds is 3. The number of nitrogens with zero attached hydrogens (tertiary/aromatic N) is 5. The molecule has 0 bridgehead atoms. The number of pyridine rings is 1. The van der Waals surface area contributed by atoms with Crippen LogP contribution < -0.4 is 4.90 Å². The molecule has 0 aromatic carbocycles. The molecule has 8 heteroatoms. The maximum Gasteiger partial charge on any atom is 0.211 e. The highest BCUT2D eigenvalue weighted by molar-refractivity contribution is 7.88. The highest BCUT2D eigenvalue weighted by Gasteiger charge is 2.31. The summed E-state index contributed by atoms with van der Waals surface area (Å²) >= 11 is 0. The fourth-order valence-corrected chi connectivity index (χ4v) is 3.53. The van der Waals surface area contributed by atoms with Crippen LogP contribution in [0.4, 0.5) is 5.82 Å². The van der Waals surface area contributed by atoms with Crippen LogP contribution in [0.2, 0.25) is 0 Å². The lowest BCUT2D eigenvalue weighted by molar-refractivity contribution is 0.393. The number of sulfonamides is 1. The number of aryl methyl sites for hydroxylation is 1. The predicted octanol–water partition coefficient (Wildman–Crippen LogP) is 0.803. The van der Waals surface area contributed by atoms with Gasteiger partial charge < -0.3 is 4.90 Å². The third kappa shape index (κ3) is 2.76. The number of anilines is 1. The van der Waals surface area contributed by atoms with Crippen molar-refractivity contribution < 1.29 is 8.42 Å². The summed E-state index contributed by atoms with van der Waals surface area (Å²) in [6, 6.07) is 1.87. The van der Waals surface area contributed by atoms with E-state index in [-0.39, 0.29) is 6.04 Å². The molecule has 3 rings (SSSR count). The quantitative estimate of drug-likeness (QED) is 0.832. The SMILES string of the molecule is Cc1nc(N2CCC(N(C)S(C)(=O)=O)C2)c2ccncc2n1. The smallest absolute Gasteiger partial charge is 0.211 e. The van der Waals surface area contributed by atoms with E-state index in [2.05, 4.69) is 19.9 Å². The molecule has 2 aromatic heterocycles. The minimum absolute atomic E-state index is 0.0258. The van der Waals surface area contributed by atoms with Crippen LogP contribution in [0.1, 0.15) is 12.2 Å². The van der Waals surface area contributed by atoms with Crippen molar-refractivity contribution in [2.24, 2.45) is 0 Å². The third-order valence-corrected chi connectivity index (χ3v) is 5.44. The summed E-state index contributed by atoms with van der Waals surface area (Å²) in [5.41, 5.74) is 0.810. The van der Waals surface area contributed by atoms with E-state index in [4.69, 9.17) is 0 Å². The first kappa shape index (κ1) is 15.1. The average molecular weight is 321 g/mol. The van der Waals surface area contributed by atoms with Gasteiger partial charge >= 0.3 is 0 Å². The van der Waals surface area contributed by atoms with E-state index < -0.39 is 10.0 Å². The van der Waals surface area contributed by atoms with Crippen molar-refractivity contribution in [1.29, 1.82) is 0 Å². The zero-order valence-corrected chi connectivity index (χ0v) is 13.7. The van der Waals surface area contributed by atoms with Gasteiger partial charge in [0.15, 0.2) is 0 Å². The molecule has 0 spiro atoms. The topological polar surface area (TPSA) is 79.3 Å². The van der Waals surface area contributed by atoms with Crippen molar-refractivity contribution in [1.82, 2.24) is 19.3 Å². The first-order valence-electron chi connectivity index (χ1n) is 7.12. The van der Waals surface area contributed by atoms with Crippen molar-refractivity contribution in [3.63, 3.8) is 0 Å². The minimum Gasteiger partial charge on any atom is -0.354 e. The van der Waals surface area contributed by atoms with Gasteiger partial charge in [-0.2, -0.15) is 0 Å². The maximum absolute atomic E-state index is 11.7. The van der Waals surface area contributed by atoms with Gasteiger partial charge in [-0.1, -0.05) is 0 Å². The van der Waals surface area contributed by atoms with Gasteiger partial charge in [0.05, 0.1) is 18.0 Å². The van der Waals surface area contributed by atoms with Crippen molar-refractivity contribution >= 4 is 26.7 Å². The molecule has 0 radical (unpaired) electrons. The molecular formula is C14H19N5O2S. The van der Waals surface area contributed by atoms with Gasteiger partial charge in [-0.3, -0.25) is 4.98 Å². The number of likely N-dealkylation sites (N-methyl/N-ethyl adjacent to an activating group) is 1. The van der Waals surface area contributed by atoms with Gasteiger partial charge in [-0.25, -0.2) is 22.7 Å². The van der Waals surface area contributed by atoms with E-state index in [1.54, 1.807) is 19.4 Å². The summed E-state index contributed by atoms with van der Waals surface area (Å²) in [5, 5.41) is 0.947. The Morgan fingerprint density at radius 3 is 2.86 bits per heavy atom. The van der Waals surface area contributed by atoms with Crippen LogP contribution in [-0.4, -0.2) is 60.1 Å². The van der Waals surface area contributed by atoms with Gasteiger partial charge in [0, 0.05) is 37.8 Å². The fourth-order valence-electron chi connectivity index (χ4n) is 2.82. The molecule has 0 N–H and O–H groups in total. The van der Waals surface area contributed by atoms with Gasteiger partial charge in [-0.05, 0) is 19.4 Å². The van der Waals surface area contributed by atoms with Gasteiger partial charge in [-0.15, -0.1) is 0 Å². The number of fused-ring (bicyclic) bond motifs is 1. The molecule has 1 fully saturated rings. The standard InChI is InChI=1S/C14H19N5O2S/c1-10-16-13-8-15-6-4-12(13)14(17-10)19-7-5-11(9-19)18(2)22(3,20)21/h4,6,8,11H,5,7,9H2,1-3H3. The van der Waals surface area contributed by atoms with Crippen LogP contribution in [-0.2, 0) is 10.0 Å². The molecule has 0 aliphatic carbocycles. The number of hydrogen-bond acceptors (Lipinski definition) is 6. The van der Waals surface area contributed by atoms with E-state index in [0.717, 1.165) is 29.7 Å². The highest BCUT2D eigenvalue weighted by atomic mass is 32.2. The van der Waals surface area contributed by atoms with Crippen molar-refractivity contribution in [3.05, 3.63) is 24.3 Å². The second kappa shape index (κ2) is 5.44. The van der Waals surface area contributed by atoms with Crippen molar-refractivity contribution in [2.75, 3.05) is 31.3 Å².